The molecular formula is C18H27NO5S. The number of sulfone groups is 1. The van der Waals surface area contributed by atoms with Crippen LogP contribution in [0.4, 0.5) is 0 Å². The molecule has 1 rings (SSSR count). The molecule has 2 N–H and O–H groups in total. The predicted octanol–water partition coefficient (Wildman–Crippen LogP) is 2.50. The number of carboxylic acid groups (broad SMARTS) is 1. The van der Waals surface area contributed by atoms with Crippen molar-refractivity contribution in [2.75, 3.05) is 12.3 Å². The number of hydrogen-bond acceptors (Lipinski definition) is 4. The van der Waals surface area contributed by atoms with Crippen molar-refractivity contribution in [3.8, 4) is 0 Å². The van der Waals surface area contributed by atoms with Crippen molar-refractivity contribution in [1.82, 2.24) is 5.32 Å². The molecule has 0 radical (unpaired) electrons. The number of nitrogens with one attached hydrogen (secondary N) is 1. The molecule has 1 aromatic rings. The van der Waals surface area contributed by atoms with Crippen LogP contribution in [0.15, 0.2) is 30.3 Å². The lowest BCUT2D eigenvalue weighted by atomic mass is 10.1. The van der Waals surface area contributed by atoms with Gasteiger partial charge >= 0.3 is 5.97 Å². The van der Waals surface area contributed by atoms with Crippen LogP contribution in [0, 0.1) is 5.92 Å². The third-order valence-electron chi connectivity index (χ3n) is 4.06. The smallest absolute Gasteiger partial charge is 0.309 e. The number of benzene rings is 1. The van der Waals surface area contributed by atoms with Crippen LogP contribution >= 0.6 is 0 Å². The number of carbonyl (C=O) groups excluding carboxylic acids is 1. The summed E-state index contributed by atoms with van der Waals surface area (Å²) < 4.78 is 25.1. The monoisotopic (exact) mass is 369 g/mol. The molecule has 0 saturated carbocycles. The highest BCUT2D eigenvalue weighted by atomic mass is 32.2. The average molecular weight is 369 g/mol. The molecule has 1 unspecified atom stereocenters. The van der Waals surface area contributed by atoms with Gasteiger partial charge in [0.2, 0.25) is 0 Å². The zero-order valence-corrected chi connectivity index (χ0v) is 15.6. The van der Waals surface area contributed by atoms with E-state index in [9.17, 15) is 23.1 Å². The summed E-state index contributed by atoms with van der Waals surface area (Å²) in [5.74, 6) is -3.25. The van der Waals surface area contributed by atoms with E-state index in [1.165, 1.54) is 0 Å². The van der Waals surface area contributed by atoms with E-state index in [1.807, 2.05) is 13.8 Å². The van der Waals surface area contributed by atoms with E-state index in [2.05, 4.69) is 5.32 Å². The van der Waals surface area contributed by atoms with E-state index in [1.54, 1.807) is 30.3 Å². The van der Waals surface area contributed by atoms with Gasteiger partial charge in [-0.25, -0.2) is 8.42 Å². The molecule has 0 heterocycles. The Morgan fingerprint density at radius 2 is 1.64 bits per heavy atom. The van der Waals surface area contributed by atoms with Gasteiger partial charge in [-0.05, 0) is 25.0 Å². The number of rotatable bonds is 11. The van der Waals surface area contributed by atoms with Crippen LogP contribution in [0.5, 0.6) is 0 Å². The molecule has 1 atom stereocenters. The molecule has 0 fully saturated rings. The molecule has 0 aliphatic carbocycles. The zero-order valence-electron chi connectivity index (χ0n) is 14.8. The molecule has 6 nitrogen and oxygen atoms in total. The van der Waals surface area contributed by atoms with Crippen molar-refractivity contribution in [1.29, 1.82) is 0 Å². The second-order valence-electron chi connectivity index (χ2n) is 6.14. The highest BCUT2D eigenvalue weighted by Crippen LogP contribution is 2.18. The normalized spacial score (nSPS) is 12.8. The molecule has 0 bridgehead atoms. The van der Waals surface area contributed by atoms with E-state index >= 15 is 0 Å². The first kappa shape index (κ1) is 21.2. The molecule has 1 aromatic carbocycles. The summed E-state index contributed by atoms with van der Waals surface area (Å²) in [5, 5.41) is 11.3. The van der Waals surface area contributed by atoms with E-state index in [0.717, 1.165) is 12.8 Å². The van der Waals surface area contributed by atoms with Gasteiger partial charge in [-0.15, -0.1) is 0 Å². The largest absolute Gasteiger partial charge is 0.481 e. The fourth-order valence-corrected chi connectivity index (χ4v) is 4.97. The van der Waals surface area contributed by atoms with Crippen LogP contribution in [0.1, 0.15) is 49.9 Å². The Kier molecular flexibility index (Phi) is 8.61. The maximum Gasteiger partial charge on any atom is 0.309 e. The topological polar surface area (TPSA) is 101 Å². The lowest BCUT2D eigenvalue weighted by molar-refractivity contribution is -0.140. The number of carbonyl (C=O) groups is 2. The van der Waals surface area contributed by atoms with Gasteiger partial charge in [-0.2, -0.15) is 0 Å². The molecule has 140 valence electrons. The lowest BCUT2D eigenvalue weighted by Gasteiger charge is -2.20. The third kappa shape index (κ3) is 6.86. The van der Waals surface area contributed by atoms with Gasteiger partial charge in [0, 0.05) is 12.1 Å². The number of hydrogen-bond donors (Lipinski definition) is 2. The highest BCUT2D eigenvalue weighted by Gasteiger charge is 2.31. The van der Waals surface area contributed by atoms with Crippen molar-refractivity contribution in [2.24, 2.45) is 5.92 Å². The van der Waals surface area contributed by atoms with Crippen LogP contribution in [-0.4, -0.2) is 42.9 Å². The minimum atomic E-state index is -3.54. The van der Waals surface area contributed by atoms with Gasteiger partial charge in [0.25, 0.3) is 5.91 Å². The molecule has 0 aromatic heterocycles. The Morgan fingerprint density at radius 1 is 1.08 bits per heavy atom. The van der Waals surface area contributed by atoms with Gasteiger partial charge in [0.15, 0.2) is 9.84 Å². The summed E-state index contributed by atoms with van der Waals surface area (Å²) in [7, 11) is -3.54. The first-order valence-corrected chi connectivity index (χ1v) is 10.3. The van der Waals surface area contributed by atoms with E-state index in [-0.39, 0.29) is 6.54 Å². The Hall–Kier alpha value is -1.89. The first-order chi connectivity index (χ1) is 11.8. The van der Waals surface area contributed by atoms with Crippen molar-refractivity contribution >= 4 is 21.7 Å². The number of carboxylic acids is 1. The Labute approximate surface area is 149 Å². The molecule has 7 heteroatoms. The lowest BCUT2D eigenvalue weighted by Crippen LogP contribution is -2.39. The molecule has 0 saturated heterocycles. The molecule has 0 aliphatic heterocycles. The van der Waals surface area contributed by atoms with Crippen molar-refractivity contribution in [3.05, 3.63) is 35.9 Å². The fourth-order valence-electron chi connectivity index (χ4n) is 2.69. The van der Waals surface area contributed by atoms with E-state index < -0.39 is 38.6 Å². The Balaban J connectivity index is 2.76. The molecule has 1 amide bonds. The second-order valence-corrected chi connectivity index (χ2v) is 8.47. The van der Waals surface area contributed by atoms with Crippen LogP contribution in [0.25, 0.3) is 0 Å². The Bertz CT molecular complexity index is 651. The summed E-state index contributed by atoms with van der Waals surface area (Å²) in [6.07, 6.45) is 2.51. The summed E-state index contributed by atoms with van der Waals surface area (Å²) >= 11 is 0. The van der Waals surface area contributed by atoms with Gasteiger partial charge in [0.05, 0.1) is 16.9 Å². The van der Waals surface area contributed by atoms with Crippen LogP contribution < -0.4 is 5.32 Å². The molecule has 0 aliphatic rings. The molecule has 25 heavy (non-hydrogen) atoms. The van der Waals surface area contributed by atoms with Crippen LogP contribution in [-0.2, 0) is 14.6 Å². The minimum Gasteiger partial charge on any atom is -0.481 e. The average Bonchev–Trinajstić information content (AvgIpc) is 2.58. The van der Waals surface area contributed by atoms with Crippen LogP contribution in [0.2, 0.25) is 0 Å². The SMILES string of the molecule is CCCC(CCC)S(=O)(=O)CC(CNC(=O)c1ccccc1)C(=O)O. The summed E-state index contributed by atoms with van der Waals surface area (Å²) in [5.41, 5.74) is 0.407. The number of amides is 1. The summed E-state index contributed by atoms with van der Waals surface area (Å²) in [4.78, 5) is 23.5. The Morgan fingerprint density at radius 3 is 2.12 bits per heavy atom. The quantitative estimate of drug-likeness (QED) is 0.624. The number of aliphatic carboxylic acids is 1. The highest BCUT2D eigenvalue weighted by molar-refractivity contribution is 7.92. The molecule has 0 spiro atoms. The zero-order chi connectivity index (χ0) is 18.9. The van der Waals surface area contributed by atoms with Crippen molar-refractivity contribution in [3.63, 3.8) is 0 Å². The maximum absolute atomic E-state index is 12.6. The third-order valence-corrected chi connectivity index (χ3v) is 6.41. The van der Waals surface area contributed by atoms with Gasteiger partial charge < -0.3 is 10.4 Å². The van der Waals surface area contributed by atoms with Gasteiger partial charge in [-0.3, -0.25) is 9.59 Å². The van der Waals surface area contributed by atoms with Crippen molar-refractivity contribution < 1.29 is 23.1 Å². The maximum atomic E-state index is 12.6. The van der Waals surface area contributed by atoms with Gasteiger partial charge in [0.1, 0.15) is 0 Å². The fraction of sp³-hybridized carbons (Fsp3) is 0.556. The van der Waals surface area contributed by atoms with Crippen LogP contribution in [0.3, 0.4) is 0 Å². The minimum absolute atomic E-state index is 0.215. The second kappa shape index (κ2) is 10.2. The van der Waals surface area contributed by atoms with Crippen molar-refractivity contribution in [2.45, 2.75) is 44.8 Å². The van der Waals surface area contributed by atoms with E-state index in [4.69, 9.17) is 0 Å². The predicted molar refractivity (Wildman–Crippen MR) is 97.3 cm³/mol. The standard InChI is InChI=1S/C18H27NO5S/c1-3-8-16(9-4-2)25(23,24)13-15(18(21)22)12-19-17(20)14-10-6-5-7-11-14/h5-7,10-11,15-16H,3-4,8-9,12-13H2,1-2H3,(H,19,20)(H,21,22). The van der Waals surface area contributed by atoms with E-state index in [0.29, 0.717) is 18.4 Å². The molecular weight excluding hydrogens is 342 g/mol. The first-order valence-electron chi connectivity index (χ1n) is 8.59. The summed E-state index contributed by atoms with van der Waals surface area (Å²) in [6, 6.07) is 8.40. The van der Waals surface area contributed by atoms with Gasteiger partial charge in [-0.1, -0.05) is 44.9 Å². The summed E-state index contributed by atoms with van der Waals surface area (Å²) in [6.45, 7) is 3.60.